The molecule has 0 bridgehead atoms. The van der Waals surface area contributed by atoms with Gasteiger partial charge in [0, 0.05) is 29.8 Å². The number of nitrogens with zero attached hydrogens (tertiary/aromatic N) is 5. The van der Waals surface area contributed by atoms with Crippen LogP contribution in [0.3, 0.4) is 0 Å². The molecule has 0 spiro atoms. The van der Waals surface area contributed by atoms with E-state index in [1.807, 2.05) is 4.72 Å². The summed E-state index contributed by atoms with van der Waals surface area (Å²) in [7, 11) is -0.0295. The molecule has 2 aromatic carbocycles. The Bertz CT molecular complexity index is 1850. The van der Waals surface area contributed by atoms with Crippen LogP contribution < -0.4 is 15.6 Å². The molecule has 1 saturated carbocycles. The Morgan fingerprint density at radius 1 is 1.00 bits per heavy atom. The van der Waals surface area contributed by atoms with Crippen LogP contribution >= 0.6 is 12.4 Å². The third kappa shape index (κ3) is 7.74. The second-order valence-corrected chi connectivity index (χ2v) is 13.3. The fourth-order valence-electron chi connectivity index (χ4n) is 5.45. The number of hydrogen-bond acceptors (Lipinski definition) is 8. The Morgan fingerprint density at radius 2 is 1.67 bits per heavy atom. The first-order valence-electron chi connectivity index (χ1n) is 14.3. The van der Waals surface area contributed by atoms with E-state index in [4.69, 9.17) is 0 Å². The third-order valence-electron chi connectivity index (χ3n) is 7.76. The average molecular weight is 666 g/mol. The molecule has 0 aliphatic heterocycles. The number of benzene rings is 2. The van der Waals surface area contributed by atoms with Gasteiger partial charge in [-0.2, -0.15) is 4.98 Å². The van der Waals surface area contributed by atoms with Crippen molar-refractivity contribution in [3.63, 3.8) is 0 Å². The van der Waals surface area contributed by atoms with E-state index in [1.165, 1.54) is 22.9 Å². The lowest BCUT2D eigenvalue weighted by Gasteiger charge is -2.32. The van der Waals surface area contributed by atoms with Crippen LogP contribution in [-0.4, -0.2) is 59.0 Å². The smallest absolute Gasteiger partial charge is 0.279 e. The van der Waals surface area contributed by atoms with Crippen LogP contribution in [-0.2, 0) is 15.8 Å². The Labute approximate surface area is 265 Å². The quantitative estimate of drug-likeness (QED) is 0.240. The van der Waals surface area contributed by atoms with Gasteiger partial charge < -0.3 is 10.2 Å². The van der Waals surface area contributed by atoms with Gasteiger partial charge in [-0.05, 0) is 77.4 Å². The van der Waals surface area contributed by atoms with E-state index in [9.17, 15) is 17.6 Å². The molecule has 4 aromatic rings. The van der Waals surface area contributed by atoms with E-state index in [-0.39, 0.29) is 40.9 Å². The van der Waals surface area contributed by atoms with Gasteiger partial charge in [-0.3, -0.25) is 14.1 Å². The van der Waals surface area contributed by atoms with Gasteiger partial charge in [-0.25, -0.2) is 31.6 Å². The van der Waals surface area contributed by atoms with Gasteiger partial charge in [0.15, 0.2) is 5.65 Å². The van der Waals surface area contributed by atoms with Crippen LogP contribution in [0, 0.1) is 17.5 Å². The molecular weight excluding hydrogens is 631 g/mol. The summed E-state index contributed by atoms with van der Waals surface area (Å²) in [4.78, 5) is 29.1. The van der Waals surface area contributed by atoms with E-state index in [0.717, 1.165) is 43.9 Å². The van der Waals surface area contributed by atoms with Gasteiger partial charge in [0.1, 0.15) is 28.7 Å². The fraction of sp³-hybridized carbons (Fsp3) is 0.400. The summed E-state index contributed by atoms with van der Waals surface area (Å²) in [6.07, 6.45) is 5.40. The molecule has 0 unspecified atom stereocenters. The molecule has 15 heteroatoms. The van der Waals surface area contributed by atoms with Gasteiger partial charge >= 0.3 is 0 Å². The van der Waals surface area contributed by atoms with Gasteiger partial charge in [0.05, 0.1) is 17.6 Å². The lowest BCUT2D eigenvalue weighted by Crippen LogP contribution is -2.36. The molecule has 10 nitrogen and oxygen atoms in total. The minimum Gasteiger partial charge on any atom is -0.351 e. The molecule has 1 aliphatic carbocycles. The SMILES string of the molecule is CC(C)n1c(=O)c(-c2cc(F)c(NS(=O)(=O)Cc3ccc(F)cc3)cc2F)nc2cnc(N[C@H]3CC[C@H](N(C)C)CC3)nc21.Cl. The maximum atomic E-state index is 15.4. The molecule has 0 radical (unpaired) electrons. The zero-order valence-electron chi connectivity index (χ0n) is 25.2. The second kappa shape index (κ2) is 13.7. The predicted molar refractivity (Wildman–Crippen MR) is 171 cm³/mol. The fourth-order valence-corrected chi connectivity index (χ4v) is 6.65. The van der Waals surface area contributed by atoms with Crippen molar-refractivity contribution < 1.29 is 21.6 Å². The van der Waals surface area contributed by atoms with Crippen LogP contribution in [0.1, 0.15) is 51.1 Å². The molecule has 1 fully saturated rings. The van der Waals surface area contributed by atoms with Gasteiger partial charge in [0.2, 0.25) is 16.0 Å². The van der Waals surface area contributed by atoms with Crippen LogP contribution in [0.2, 0.25) is 0 Å². The van der Waals surface area contributed by atoms with Crippen LogP contribution in [0.4, 0.5) is 24.8 Å². The lowest BCUT2D eigenvalue weighted by molar-refractivity contribution is 0.221. The zero-order chi connectivity index (χ0) is 31.8. The van der Waals surface area contributed by atoms with Crippen LogP contribution in [0.15, 0.2) is 47.4 Å². The largest absolute Gasteiger partial charge is 0.351 e. The number of halogens is 4. The molecule has 0 saturated heterocycles. The molecule has 45 heavy (non-hydrogen) atoms. The third-order valence-corrected chi connectivity index (χ3v) is 9.00. The molecule has 2 heterocycles. The summed E-state index contributed by atoms with van der Waals surface area (Å²) >= 11 is 0. The number of anilines is 2. The highest BCUT2D eigenvalue weighted by molar-refractivity contribution is 7.91. The van der Waals surface area contributed by atoms with Crippen molar-refractivity contribution in [2.75, 3.05) is 24.1 Å². The standard InChI is InChI=1S/C30H34F3N7O3S.ClH/c1-17(2)40-28-26(15-34-30(37-28)35-20-9-11-21(12-10-20)39(3)4)36-27(29(40)41)22-13-24(33)25(14-23(22)32)38-44(42,43)16-18-5-7-19(31)8-6-18;/h5-8,13-15,17,20-21,38H,9-12,16H2,1-4H3,(H,34,35,37);1H/t20-,21-;. The normalized spacial score (nSPS) is 17.0. The van der Waals surface area contributed by atoms with E-state index < -0.39 is 56.1 Å². The first-order chi connectivity index (χ1) is 20.8. The predicted octanol–water partition coefficient (Wildman–Crippen LogP) is 5.50. The highest BCUT2D eigenvalue weighted by atomic mass is 35.5. The molecule has 1 aliphatic rings. The number of nitrogens with one attached hydrogen (secondary N) is 2. The van der Waals surface area contributed by atoms with Gasteiger partial charge in [-0.15, -0.1) is 12.4 Å². The summed E-state index contributed by atoms with van der Waals surface area (Å²) in [5.74, 6) is -2.94. The molecule has 0 atom stereocenters. The van der Waals surface area contributed by atoms with E-state index in [1.54, 1.807) is 13.8 Å². The topological polar surface area (TPSA) is 122 Å². The summed E-state index contributed by atoms with van der Waals surface area (Å²) in [5, 5.41) is 3.36. The van der Waals surface area contributed by atoms with Crippen molar-refractivity contribution in [3.05, 3.63) is 76.0 Å². The molecule has 0 amide bonds. The van der Waals surface area contributed by atoms with Gasteiger partial charge in [-0.1, -0.05) is 12.1 Å². The van der Waals surface area contributed by atoms with Crippen LogP contribution in [0.5, 0.6) is 0 Å². The Balaban J connectivity index is 0.00000461. The zero-order valence-corrected chi connectivity index (χ0v) is 26.9. The second-order valence-electron chi connectivity index (χ2n) is 11.5. The van der Waals surface area contributed by atoms with Crippen molar-refractivity contribution in [2.45, 2.75) is 63.4 Å². The monoisotopic (exact) mass is 665 g/mol. The Morgan fingerprint density at radius 3 is 2.29 bits per heavy atom. The first kappa shape index (κ1) is 34.1. The van der Waals surface area contributed by atoms with Gasteiger partial charge in [0.25, 0.3) is 5.56 Å². The summed E-state index contributed by atoms with van der Waals surface area (Å²) in [5.41, 5.74) is -1.43. The number of hydrogen-bond donors (Lipinski definition) is 2. The minimum absolute atomic E-state index is 0. The van der Waals surface area contributed by atoms with Crippen molar-refractivity contribution in [1.82, 2.24) is 24.4 Å². The molecular formula is C30H35ClF3N7O3S. The highest BCUT2D eigenvalue weighted by Crippen LogP contribution is 2.29. The van der Waals surface area contributed by atoms with Crippen molar-refractivity contribution in [2.24, 2.45) is 0 Å². The summed E-state index contributed by atoms with van der Waals surface area (Å²) in [6, 6.07) is 6.44. The molecule has 2 N–H and O–H groups in total. The van der Waals surface area contributed by atoms with E-state index in [2.05, 4.69) is 39.3 Å². The van der Waals surface area contributed by atoms with E-state index >= 15 is 8.78 Å². The number of sulfonamides is 1. The summed E-state index contributed by atoms with van der Waals surface area (Å²) < 4.78 is 72.3. The maximum absolute atomic E-state index is 15.4. The van der Waals surface area contributed by atoms with Crippen LogP contribution in [0.25, 0.3) is 22.4 Å². The van der Waals surface area contributed by atoms with Crippen molar-refractivity contribution in [3.8, 4) is 11.3 Å². The number of fused-ring (bicyclic) bond motifs is 1. The highest BCUT2D eigenvalue weighted by Gasteiger charge is 2.25. The maximum Gasteiger partial charge on any atom is 0.279 e. The summed E-state index contributed by atoms with van der Waals surface area (Å²) in [6.45, 7) is 3.52. The van der Waals surface area contributed by atoms with E-state index in [0.29, 0.717) is 18.1 Å². The molecule has 2 aromatic heterocycles. The average Bonchev–Trinajstić information content (AvgIpc) is 2.95. The minimum atomic E-state index is -4.18. The molecule has 5 rings (SSSR count). The number of rotatable bonds is 9. The lowest BCUT2D eigenvalue weighted by atomic mass is 9.91. The molecule has 242 valence electrons. The van der Waals surface area contributed by atoms with Crippen molar-refractivity contribution in [1.29, 1.82) is 0 Å². The van der Waals surface area contributed by atoms with Crippen molar-refractivity contribution >= 4 is 45.2 Å². The first-order valence-corrected chi connectivity index (χ1v) is 15.9. The Kier molecular flexibility index (Phi) is 10.4. The Hall–Kier alpha value is -3.75. The number of aromatic nitrogens is 4.